The summed E-state index contributed by atoms with van der Waals surface area (Å²) in [4.78, 5) is 70.8. The molecule has 0 aromatic heterocycles. The molecule has 0 heterocycles. The van der Waals surface area contributed by atoms with Crippen molar-refractivity contribution in [3.05, 3.63) is 228 Å². The molecule has 0 aliphatic rings. The highest BCUT2D eigenvalue weighted by Gasteiger charge is 2.44. The molecule has 0 spiro atoms. The van der Waals surface area contributed by atoms with Crippen molar-refractivity contribution in [2.75, 3.05) is 11.5 Å². The summed E-state index contributed by atoms with van der Waals surface area (Å²) in [6.07, 6.45) is 1.70. The first-order valence-corrected chi connectivity index (χ1v) is 33.5. The molecule has 6 aromatic carbocycles. The number of carbonyl (C=O) groups is 5. The van der Waals surface area contributed by atoms with Crippen molar-refractivity contribution >= 4 is 61.4 Å². The van der Waals surface area contributed by atoms with Gasteiger partial charge in [-0.3, -0.25) is 19.2 Å². The molecule has 0 unspecified atom stereocenters. The van der Waals surface area contributed by atoms with E-state index in [9.17, 15) is 34.2 Å². The van der Waals surface area contributed by atoms with E-state index in [-0.39, 0.29) is 17.2 Å². The Labute approximate surface area is 501 Å². The maximum absolute atomic E-state index is 14.9. The van der Waals surface area contributed by atoms with Crippen molar-refractivity contribution in [3.8, 4) is 0 Å². The normalized spacial score (nSPS) is 14.5. The zero-order valence-corrected chi connectivity index (χ0v) is 52.2. The van der Waals surface area contributed by atoms with Gasteiger partial charge in [-0.05, 0) is 82.4 Å². The van der Waals surface area contributed by atoms with Gasteiger partial charge in [-0.1, -0.05) is 243 Å². The number of carboxylic acids is 1. The largest absolute Gasteiger partial charge is 0.480 e. The summed E-state index contributed by atoms with van der Waals surface area (Å²) in [7, 11) is -2.53. The average Bonchev–Trinajstić information content (AvgIpc) is 2.23. The molecule has 4 amide bonds. The van der Waals surface area contributed by atoms with Crippen LogP contribution in [0.5, 0.6) is 0 Å². The summed E-state index contributed by atoms with van der Waals surface area (Å²) in [5, 5.41) is 32.9. The van der Waals surface area contributed by atoms with E-state index in [1.165, 1.54) is 11.8 Å². The summed E-state index contributed by atoms with van der Waals surface area (Å²) in [6.45, 7) is 18.8. The Morgan fingerprint density at radius 3 is 1.23 bits per heavy atom. The lowest BCUT2D eigenvalue weighted by Gasteiger charge is -2.40. The predicted molar refractivity (Wildman–Crippen MR) is 340 cm³/mol. The van der Waals surface area contributed by atoms with Gasteiger partial charge in [0.15, 0.2) is 14.4 Å². The van der Waals surface area contributed by atoms with Gasteiger partial charge in [-0.2, -0.15) is 0 Å². The second kappa shape index (κ2) is 30.2. The van der Waals surface area contributed by atoms with E-state index in [4.69, 9.17) is 4.43 Å². The van der Waals surface area contributed by atoms with E-state index < -0.39 is 95.6 Å². The first kappa shape index (κ1) is 65.4. The van der Waals surface area contributed by atoms with Crippen LogP contribution >= 0.6 is 23.5 Å². The number of rotatable bonds is 29. The van der Waals surface area contributed by atoms with Gasteiger partial charge in [0.1, 0.15) is 18.1 Å². The number of amides is 4. The van der Waals surface area contributed by atoms with E-state index in [0.717, 1.165) is 33.4 Å². The van der Waals surface area contributed by atoms with E-state index in [2.05, 4.69) is 94.1 Å². The lowest BCUT2D eigenvalue weighted by atomic mass is 9.84. The molecular weight excluding hydrogens is 1090 g/mol. The number of carboxylic acid groups (broad SMARTS) is 1. The third-order valence-electron chi connectivity index (χ3n) is 15.4. The van der Waals surface area contributed by atoms with Crippen molar-refractivity contribution in [2.45, 2.75) is 132 Å². The lowest BCUT2D eigenvalue weighted by molar-refractivity contribution is -0.145. The average molecular weight is 1180 g/mol. The van der Waals surface area contributed by atoms with Gasteiger partial charge in [0, 0.05) is 5.75 Å². The maximum atomic E-state index is 14.9. The molecule has 12 nitrogen and oxygen atoms in total. The Morgan fingerprint density at radius 2 is 0.867 bits per heavy atom. The van der Waals surface area contributed by atoms with E-state index in [0.29, 0.717) is 12.2 Å². The van der Waals surface area contributed by atoms with Crippen LogP contribution in [0.3, 0.4) is 0 Å². The summed E-state index contributed by atoms with van der Waals surface area (Å²) in [5.74, 6) is -4.20. The molecule has 440 valence electrons. The smallest absolute Gasteiger partial charge is 0.328 e. The van der Waals surface area contributed by atoms with Crippen LogP contribution in [0.15, 0.2) is 194 Å². The molecule has 0 fully saturated rings. The van der Waals surface area contributed by atoms with Gasteiger partial charge < -0.3 is 35.9 Å². The lowest BCUT2D eigenvalue weighted by Crippen LogP contribution is -2.61. The Balaban J connectivity index is 1.19. The van der Waals surface area contributed by atoms with Gasteiger partial charge >= 0.3 is 5.97 Å². The Bertz CT molecular complexity index is 2850. The molecule has 6 N–H and O–H groups in total. The van der Waals surface area contributed by atoms with Gasteiger partial charge in [0.25, 0.3) is 0 Å². The molecule has 0 saturated heterocycles. The van der Waals surface area contributed by atoms with Gasteiger partial charge in [-0.15, -0.1) is 23.5 Å². The molecule has 6 aromatic rings. The quantitative estimate of drug-likeness (QED) is 0.0114. The molecule has 0 aliphatic carbocycles. The summed E-state index contributed by atoms with van der Waals surface area (Å²) < 4.78 is 5.09. The van der Waals surface area contributed by atoms with Gasteiger partial charge in [0.05, 0.1) is 28.1 Å². The maximum Gasteiger partial charge on any atom is 0.328 e. The Morgan fingerprint density at radius 1 is 0.518 bits per heavy atom. The molecule has 83 heavy (non-hydrogen) atoms. The third-order valence-corrected chi connectivity index (χ3v) is 23.2. The highest BCUT2D eigenvalue weighted by atomic mass is 32.2. The Hall–Kier alpha value is -6.75. The molecular formula is C68H84N4O8S2Si. The van der Waals surface area contributed by atoms with Crippen molar-refractivity contribution in [3.63, 3.8) is 0 Å². The Kier molecular flexibility index (Phi) is 23.8. The minimum atomic E-state index is -2.53. The standard InChI is InChI=1S/C68H84N4O8S2Si/c1-47(2)59(70-58(74)45-56(73)43-29-30-44-81-67(50-31-17-11-18-32-50,51-33-19-12-20-34-51)52-35-21-13-22-36-52)64(77)71-60(48(3)4)63(76)69-57(62(75)72-61(65(78)79)49(5)80-83(9,10)66(6,7)8)46-82-68(53-37-23-14-24-38-53,54-39-25-15-26-40-54)55-41-27-16-28-42-55/h11-29,31-43,47-49,56-57,59-61,73H,30,44-46H2,1-10H3,(H,69,76)(H,70,74)(H,71,77)(H,72,75)(H,78,79)/b43-29+/t49-,56-,57-,59-,60-,61+/m1/s1. The topological polar surface area (TPSA) is 183 Å². The molecule has 0 bridgehead atoms. The van der Waals surface area contributed by atoms with Gasteiger partial charge in [-0.25, -0.2) is 4.79 Å². The number of thioether (sulfide) groups is 2. The van der Waals surface area contributed by atoms with Crippen molar-refractivity contribution in [1.29, 1.82) is 0 Å². The van der Waals surface area contributed by atoms with Crippen LogP contribution in [0.2, 0.25) is 18.1 Å². The number of aliphatic hydroxyl groups excluding tert-OH is 1. The number of aliphatic carboxylic acids is 1. The number of nitrogens with one attached hydrogen (secondary N) is 4. The zero-order chi connectivity index (χ0) is 60.4. The fraction of sp³-hybridized carbons (Fsp3) is 0.368. The van der Waals surface area contributed by atoms with Crippen molar-refractivity contribution in [1.82, 2.24) is 21.3 Å². The number of allylic oxidation sites excluding steroid dienone is 1. The minimum Gasteiger partial charge on any atom is -0.480 e. The SMILES string of the molecule is CC(C)[C@@H](NC(=O)C[C@H](O)/C=C/CCSC(c1ccccc1)(c1ccccc1)c1ccccc1)C(=O)N[C@@H](C(=O)N[C@H](CSC(c1ccccc1)(c1ccccc1)c1ccccc1)C(=O)N[C@H](C(=O)O)[C@@H](C)O[Si](C)(C)C(C)(C)C)C(C)C. The first-order valence-electron chi connectivity index (χ1n) is 28.6. The van der Waals surface area contributed by atoms with Crippen LogP contribution in [0, 0.1) is 11.8 Å². The third kappa shape index (κ3) is 17.0. The number of aliphatic hydroxyl groups is 1. The molecule has 15 heteroatoms. The molecule has 6 atom stereocenters. The van der Waals surface area contributed by atoms with Crippen LogP contribution in [-0.2, 0) is 37.9 Å². The van der Waals surface area contributed by atoms with Crippen LogP contribution in [0.1, 0.15) is 102 Å². The monoisotopic (exact) mass is 1180 g/mol. The fourth-order valence-corrected chi connectivity index (χ4v) is 14.3. The van der Waals surface area contributed by atoms with E-state index in [1.807, 2.05) is 149 Å². The number of carbonyl (C=O) groups excluding carboxylic acids is 4. The van der Waals surface area contributed by atoms with Crippen LogP contribution in [0.25, 0.3) is 0 Å². The fourth-order valence-electron chi connectivity index (χ4n) is 9.87. The highest BCUT2D eigenvalue weighted by Crippen LogP contribution is 2.50. The highest BCUT2D eigenvalue weighted by molar-refractivity contribution is 8.00. The second-order valence-corrected chi connectivity index (χ2v) is 30.5. The van der Waals surface area contributed by atoms with E-state index >= 15 is 0 Å². The molecule has 6 rings (SSSR count). The van der Waals surface area contributed by atoms with Crippen molar-refractivity contribution in [2.24, 2.45) is 11.8 Å². The summed E-state index contributed by atoms with van der Waals surface area (Å²) in [6, 6.07) is 55.7. The first-order chi connectivity index (χ1) is 39.5. The van der Waals surface area contributed by atoms with Crippen LogP contribution < -0.4 is 21.3 Å². The number of benzene rings is 6. The predicted octanol–water partition coefficient (Wildman–Crippen LogP) is 11.9. The van der Waals surface area contributed by atoms with Gasteiger partial charge in [0.2, 0.25) is 23.6 Å². The van der Waals surface area contributed by atoms with Crippen LogP contribution in [0.4, 0.5) is 0 Å². The molecule has 0 radical (unpaired) electrons. The van der Waals surface area contributed by atoms with Crippen LogP contribution in [-0.4, -0.2) is 96.0 Å². The summed E-state index contributed by atoms with van der Waals surface area (Å²) in [5.41, 5.74) is 6.16. The summed E-state index contributed by atoms with van der Waals surface area (Å²) >= 11 is 3.21. The number of hydrogen-bond acceptors (Lipinski definition) is 9. The van der Waals surface area contributed by atoms with E-state index in [1.54, 1.807) is 52.5 Å². The molecule has 0 aliphatic heterocycles. The zero-order valence-electron chi connectivity index (χ0n) is 49.6. The van der Waals surface area contributed by atoms with Crippen molar-refractivity contribution < 1.29 is 38.6 Å². The second-order valence-electron chi connectivity index (χ2n) is 23.2. The molecule has 0 saturated carbocycles. The minimum absolute atomic E-state index is 0.0467. The number of hydrogen-bond donors (Lipinski definition) is 6.